The van der Waals surface area contributed by atoms with Gasteiger partial charge in [-0.25, -0.2) is 0 Å². The van der Waals surface area contributed by atoms with Crippen LogP contribution in [-0.4, -0.2) is 62.0 Å². The van der Waals surface area contributed by atoms with Crippen LogP contribution in [0.4, 0.5) is 0 Å². The summed E-state index contributed by atoms with van der Waals surface area (Å²) in [6, 6.07) is 0.427. The molecule has 0 heterocycles. The van der Waals surface area contributed by atoms with E-state index < -0.39 is 6.10 Å². The molecule has 0 aliphatic carbocycles. The minimum absolute atomic E-state index is 0.181. The number of nitrogens with zero attached hydrogens (tertiary/aromatic N) is 1. The molecule has 0 bridgehead atoms. The third kappa shape index (κ3) is 10.4. The van der Waals surface area contributed by atoms with E-state index in [-0.39, 0.29) is 6.10 Å². The molecule has 0 spiro atoms. The number of ether oxygens (including phenoxy) is 1. The van der Waals surface area contributed by atoms with Crippen molar-refractivity contribution in [3.05, 3.63) is 0 Å². The van der Waals surface area contributed by atoms with Gasteiger partial charge in [-0.3, -0.25) is 0 Å². The molecule has 0 radical (unpaired) electrons. The molecule has 98 valence electrons. The zero-order valence-corrected chi connectivity index (χ0v) is 11.4. The van der Waals surface area contributed by atoms with Gasteiger partial charge in [0.15, 0.2) is 0 Å². The second-order valence-electron chi connectivity index (χ2n) is 4.94. The van der Waals surface area contributed by atoms with Crippen molar-refractivity contribution in [1.29, 1.82) is 0 Å². The predicted octanol–water partition coefficient (Wildman–Crippen LogP) is 0.702. The number of hydrogen-bond donors (Lipinski definition) is 2. The summed E-state index contributed by atoms with van der Waals surface area (Å²) in [4.78, 5) is 2.16. The SMILES string of the molecule is CC(CCN(C)C)NCC(O)COC(C)C. The van der Waals surface area contributed by atoms with Crippen molar-refractivity contribution in [3.8, 4) is 0 Å². The minimum Gasteiger partial charge on any atom is -0.389 e. The summed E-state index contributed by atoms with van der Waals surface area (Å²) >= 11 is 0. The van der Waals surface area contributed by atoms with Crippen molar-refractivity contribution in [1.82, 2.24) is 10.2 Å². The fourth-order valence-corrected chi connectivity index (χ4v) is 1.25. The molecule has 0 aliphatic heterocycles. The zero-order valence-electron chi connectivity index (χ0n) is 11.4. The second kappa shape index (κ2) is 8.93. The van der Waals surface area contributed by atoms with Crippen LogP contribution in [0.3, 0.4) is 0 Å². The first-order chi connectivity index (χ1) is 7.41. The maximum absolute atomic E-state index is 9.63. The Bertz CT molecular complexity index is 145. The third-order valence-corrected chi connectivity index (χ3v) is 2.33. The summed E-state index contributed by atoms with van der Waals surface area (Å²) < 4.78 is 5.34. The molecule has 0 aromatic heterocycles. The monoisotopic (exact) mass is 232 g/mol. The van der Waals surface area contributed by atoms with Crippen molar-refractivity contribution in [2.75, 3.05) is 33.8 Å². The number of nitrogens with one attached hydrogen (secondary N) is 1. The van der Waals surface area contributed by atoms with Crippen LogP contribution in [0.25, 0.3) is 0 Å². The van der Waals surface area contributed by atoms with Gasteiger partial charge in [-0.1, -0.05) is 0 Å². The van der Waals surface area contributed by atoms with Gasteiger partial charge in [-0.2, -0.15) is 0 Å². The molecule has 4 nitrogen and oxygen atoms in total. The largest absolute Gasteiger partial charge is 0.389 e. The lowest BCUT2D eigenvalue weighted by Crippen LogP contribution is -2.37. The van der Waals surface area contributed by atoms with Gasteiger partial charge in [0.2, 0.25) is 0 Å². The maximum Gasteiger partial charge on any atom is 0.0897 e. The summed E-state index contributed by atoms with van der Waals surface area (Å²) in [5.74, 6) is 0. The number of rotatable bonds is 9. The normalized spacial score (nSPS) is 15.8. The molecule has 0 rings (SSSR count). The Morgan fingerprint density at radius 3 is 2.38 bits per heavy atom. The lowest BCUT2D eigenvalue weighted by Gasteiger charge is -2.19. The van der Waals surface area contributed by atoms with E-state index in [1.165, 1.54) is 0 Å². The quantitative estimate of drug-likeness (QED) is 0.614. The van der Waals surface area contributed by atoms with Gasteiger partial charge < -0.3 is 20.1 Å². The molecule has 0 amide bonds. The Labute approximate surface area is 100.0 Å². The number of hydrogen-bond acceptors (Lipinski definition) is 4. The van der Waals surface area contributed by atoms with Gasteiger partial charge in [-0.05, 0) is 47.8 Å². The summed E-state index contributed by atoms with van der Waals surface area (Å²) in [5.41, 5.74) is 0. The van der Waals surface area contributed by atoms with Crippen LogP contribution in [-0.2, 0) is 4.74 Å². The van der Waals surface area contributed by atoms with Gasteiger partial charge in [0.05, 0.1) is 18.8 Å². The van der Waals surface area contributed by atoms with Crippen molar-refractivity contribution < 1.29 is 9.84 Å². The molecule has 0 fully saturated rings. The Hall–Kier alpha value is -0.160. The van der Waals surface area contributed by atoms with Crippen molar-refractivity contribution in [2.45, 2.75) is 45.4 Å². The van der Waals surface area contributed by atoms with Crippen molar-refractivity contribution >= 4 is 0 Å². The van der Waals surface area contributed by atoms with Gasteiger partial charge in [0, 0.05) is 12.6 Å². The summed E-state index contributed by atoms with van der Waals surface area (Å²) in [7, 11) is 4.14. The van der Waals surface area contributed by atoms with Gasteiger partial charge in [-0.15, -0.1) is 0 Å². The van der Waals surface area contributed by atoms with Gasteiger partial charge in [0.1, 0.15) is 0 Å². The van der Waals surface area contributed by atoms with Gasteiger partial charge >= 0.3 is 0 Å². The molecule has 2 unspecified atom stereocenters. The fourth-order valence-electron chi connectivity index (χ4n) is 1.25. The first-order valence-corrected chi connectivity index (χ1v) is 6.09. The van der Waals surface area contributed by atoms with E-state index in [0.717, 1.165) is 13.0 Å². The second-order valence-corrected chi connectivity index (χ2v) is 4.94. The smallest absolute Gasteiger partial charge is 0.0897 e. The van der Waals surface area contributed by atoms with Gasteiger partial charge in [0.25, 0.3) is 0 Å². The van der Waals surface area contributed by atoms with Crippen LogP contribution in [0.5, 0.6) is 0 Å². The molecule has 2 N–H and O–H groups in total. The van der Waals surface area contributed by atoms with Crippen molar-refractivity contribution in [2.24, 2.45) is 0 Å². The van der Waals surface area contributed by atoms with E-state index in [4.69, 9.17) is 4.74 Å². The molecular formula is C12H28N2O2. The standard InChI is InChI=1S/C12H28N2O2/c1-10(2)16-9-12(15)8-13-11(3)6-7-14(4)5/h10-13,15H,6-9H2,1-5H3. The van der Waals surface area contributed by atoms with Crippen LogP contribution in [0.1, 0.15) is 27.2 Å². The fraction of sp³-hybridized carbons (Fsp3) is 1.00. The first-order valence-electron chi connectivity index (χ1n) is 6.09. The van der Waals surface area contributed by atoms with Crippen molar-refractivity contribution in [3.63, 3.8) is 0 Å². The molecule has 4 heteroatoms. The Kier molecular flexibility index (Phi) is 8.84. The van der Waals surface area contributed by atoms with Crippen LogP contribution in [0, 0.1) is 0 Å². The summed E-state index contributed by atoms with van der Waals surface area (Å²) in [5, 5.41) is 12.9. The third-order valence-electron chi connectivity index (χ3n) is 2.33. The highest BCUT2D eigenvalue weighted by Gasteiger charge is 2.08. The highest BCUT2D eigenvalue weighted by atomic mass is 16.5. The number of aliphatic hydroxyl groups excluding tert-OH is 1. The summed E-state index contributed by atoms with van der Waals surface area (Å²) in [6.07, 6.45) is 0.857. The van der Waals surface area contributed by atoms with E-state index in [0.29, 0.717) is 19.2 Å². The van der Waals surface area contributed by atoms with Crippen LogP contribution < -0.4 is 5.32 Å². The van der Waals surface area contributed by atoms with E-state index in [1.807, 2.05) is 13.8 Å². The Balaban J connectivity index is 3.47. The lowest BCUT2D eigenvalue weighted by molar-refractivity contribution is 0.00550. The van der Waals surface area contributed by atoms with Crippen LogP contribution in [0.2, 0.25) is 0 Å². The summed E-state index contributed by atoms with van der Waals surface area (Å²) in [6.45, 7) is 8.15. The van der Waals surface area contributed by atoms with Crippen LogP contribution >= 0.6 is 0 Å². The topological polar surface area (TPSA) is 44.7 Å². The average Bonchev–Trinajstić information content (AvgIpc) is 2.20. The van der Waals surface area contributed by atoms with E-state index in [1.54, 1.807) is 0 Å². The highest BCUT2D eigenvalue weighted by Crippen LogP contribution is 1.94. The minimum atomic E-state index is -0.413. The average molecular weight is 232 g/mol. The molecule has 0 aliphatic rings. The molecule has 0 saturated heterocycles. The highest BCUT2D eigenvalue weighted by molar-refractivity contribution is 4.66. The first kappa shape index (κ1) is 15.8. The molecular weight excluding hydrogens is 204 g/mol. The molecule has 0 aromatic rings. The van der Waals surface area contributed by atoms with Crippen LogP contribution in [0.15, 0.2) is 0 Å². The Morgan fingerprint density at radius 2 is 1.88 bits per heavy atom. The molecule has 0 saturated carbocycles. The molecule has 16 heavy (non-hydrogen) atoms. The zero-order chi connectivity index (χ0) is 12.6. The predicted molar refractivity (Wildman–Crippen MR) is 67.7 cm³/mol. The van der Waals surface area contributed by atoms with E-state index in [2.05, 4.69) is 31.2 Å². The maximum atomic E-state index is 9.63. The number of aliphatic hydroxyl groups is 1. The Morgan fingerprint density at radius 1 is 1.25 bits per heavy atom. The lowest BCUT2D eigenvalue weighted by atomic mass is 10.2. The molecule has 0 aromatic carbocycles. The van der Waals surface area contributed by atoms with E-state index in [9.17, 15) is 5.11 Å². The van der Waals surface area contributed by atoms with E-state index >= 15 is 0 Å². The molecule has 2 atom stereocenters.